The maximum atomic E-state index is 13.0. The molecule has 3 aromatic rings. The highest BCUT2D eigenvalue weighted by atomic mass is 16.1. The normalized spacial score (nSPS) is 12.9. The quantitative estimate of drug-likeness (QED) is 0.225. The molecular weight excluding hydrogens is 314 g/mol. The predicted molar refractivity (Wildman–Crippen MR) is 95.1 cm³/mol. The lowest BCUT2D eigenvalue weighted by Gasteiger charge is -2.20. The Labute approximate surface area is 142 Å². The summed E-state index contributed by atoms with van der Waals surface area (Å²) in [5, 5.41) is 5.28. The highest BCUT2D eigenvalue weighted by molar-refractivity contribution is 6.39. The van der Waals surface area contributed by atoms with Crippen LogP contribution in [0.15, 0.2) is 77.4 Å². The summed E-state index contributed by atoms with van der Waals surface area (Å²) < 4.78 is 0. The molecule has 0 N–H and O–H groups in total. The molecule has 0 radical (unpaired) electrons. The molecule has 0 amide bonds. The monoisotopic (exact) mass is 325 g/mol. The van der Waals surface area contributed by atoms with E-state index >= 15 is 0 Å². The van der Waals surface area contributed by atoms with E-state index in [-0.39, 0.29) is 11.3 Å². The fourth-order valence-corrected chi connectivity index (χ4v) is 3.20. The number of ketones is 2. The third-order valence-corrected chi connectivity index (χ3v) is 4.28. The fourth-order valence-electron chi connectivity index (χ4n) is 3.20. The molecule has 4 rings (SSSR count). The van der Waals surface area contributed by atoms with Crippen molar-refractivity contribution in [3.05, 3.63) is 99.4 Å². The van der Waals surface area contributed by atoms with Gasteiger partial charge in [-0.25, -0.2) is 0 Å². The van der Waals surface area contributed by atoms with Crippen molar-refractivity contribution in [2.24, 2.45) is 5.11 Å². The maximum Gasteiger partial charge on any atom is 0.198 e. The predicted octanol–water partition coefficient (Wildman–Crippen LogP) is 4.94. The number of azide groups is 1. The van der Waals surface area contributed by atoms with Gasteiger partial charge in [0.05, 0.1) is 11.3 Å². The van der Waals surface area contributed by atoms with Crippen molar-refractivity contribution in [2.45, 2.75) is 0 Å². The Morgan fingerprint density at radius 2 is 1.56 bits per heavy atom. The first-order valence-electron chi connectivity index (χ1n) is 7.68. The van der Waals surface area contributed by atoms with Gasteiger partial charge in [-0.05, 0) is 16.5 Å². The minimum Gasteiger partial charge on any atom is -0.288 e. The third-order valence-electron chi connectivity index (χ3n) is 4.28. The Hall–Kier alpha value is -3.69. The van der Waals surface area contributed by atoms with Crippen LogP contribution in [-0.2, 0) is 0 Å². The Morgan fingerprint density at radius 1 is 0.880 bits per heavy atom. The zero-order chi connectivity index (χ0) is 17.4. The lowest BCUT2D eigenvalue weighted by atomic mass is 9.83. The van der Waals surface area contributed by atoms with Gasteiger partial charge in [-0.3, -0.25) is 9.59 Å². The van der Waals surface area contributed by atoms with Crippen molar-refractivity contribution in [3.8, 4) is 0 Å². The van der Waals surface area contributed by atoms with E-state index in [1.54, 1.807) is 48.5 Å². The first-order chi connectivity index (χ1) is 12.2. The summed E-state index contributed by atoms with van der Waals surface area (Å²) in [5.41, 5.74) is 10.4. The second-order valence-electron chi connectivity index (χ2n) is 5.65. The fraction of sp³-hybridized carbons (Fsp3) is 0. The van der Waals surface area contributed by atoms with Crippen molar-refractivity contribution >= 4 is 28.0 Å². The van der Waals surface area contributed by atoms with Gasteiger partial charge in [0.15, 0.2) is 11.6 Å². The van der Waals surface area contributed by atoms with Gasteiger partial charge in [-0.2, -0.15) is 0 Å². The molecule has 0 saturated heterocycles. The van der Waals surface area contributed by atoms with Crippen molar-refractivity contribution in [1.82, 2.24) is 0 Å². The van der Waals surface area contributed by atoms with Crippen LogP contribution in [0.25, 0.3) is 26.9 Å². The Kier molecular flexibility index (Phi) is 3.42. The molecule has 1 aliphatic carbocycles. The van der Waals surface area contributed by atoms with Crippen LogP contribution >= 0.6 is 0 Å². The molecular formula is C20H11N3O2. The smallest absolute Gasteiger partial charge is 0.198 e. The summed E-state index contributed by atoms with van der Waals surface area (Å²) in [4.78, 5) is 28.8. The number of allylic oxidation sites excluding steroid dienone is 1. The van der Waals surface area contributed by atoms with E-state index in [2.05, 4.69) is 10.0 Å². The van der Waals surface area contributed by atoms with E-state index in [0.29, 0.717) is 22.1 Å². The Bertz CT molecular complexity index is 1120. The highest BCUT2D eigenvalue weighted by Gasteiger charge is 2.31. The topological polar surface area (TPSA) is 82.9 Å². The molecule has 1 aliphatic rings. The molecule has 0 saturated carbocycles. The third kappa shape index (κ3) is 2.23. The summed E-state index contributed by atoms with van der Waals surface area (Å²) in [6.45, 7) is 0. The summed E-state index contributed by atoms with van der Waals surface area (Å²) in [5.74, 6) is -0.861. The van der Waals surface area contributed by atoms with Crippen LogP contribution in [-0.4, -0.2) is 11.6 Å². The van der Waals surface area contributed by atoms with Gasteiger partial charge in [0.25, 0.3) is 0 Å². The highest BCUT2D eigenvalue weighted by Crippen LogP contribution is 2.38. The molecule has 0 bridgehead atoms. The molecule has 0 aliphatic heterocycles. The van der Waals surface area contributed by atoms with E-state index in [1.165, 1.54) is 0 Å². The van der Waals surface area contributed by atoms with E-state index in [4.69, 9.17) is 5.53 Å². The van der Waals surface area contributed by atoms with Crippen LogP contribution < -0.4 is 0 Å². The first kappa shape index (κ1) is 14.9. The number of nitrogens with zero attached hydrogens (tertiary/aromatic N) is 3. The zero-order valence-corrected chi connectivity index (χ0v) is 13.0. The molecule has 0 aromatic heterocycles. The maximum absolute atomic E-state index is 13.0. The number of hydrogen-bond donors (Lipinski definition) is 0. The first-order valence-corrected chi connectivity index (χ1v) is 7.68. The SMILES string of the molecule is [N-]=[N+]=NC1=C(C(=O)c2ccccc2)C(=O)c2cccc3cccc1c23. The number of hydrogen-bond acceptors (Lipinski definition) is 3. The van der Waals surface area contributed by atoms with Crippen LogP contribution in [0.4, 0.5) is 0 Å². The minimum absolute atomic E-state index is 0.0878. The number of carbonyl (C=O) groups is 2. The van der Waals surface area contributed by atoms with Crippen molar-refractivity contribution in [1.29, 1.82) is 0 Å². The van der Waals surface area contributed by atoms with Crippen LogP contribution in [0.3, 0.4) is 0 Å². The number of Topliss-reactive ketones (excluding diaryl/α,β-unsaturated/α-hetero) is 2. The van der Waals surface area contributed by atoms with Crippen LogP contribution in [0.2, 0.25) is 0 Å². The Morgan fingerprint density at radius 3 is 2.24 bits per heavy atom. The largest absolute Gasteiger partial charge is 0.288 e. The van der Waals surface area contributed by atoms with E-state index in [9.17, 15) is 9.59 Å². The van der Waals surface area contributed by atoms with Crippen LogP contribution in [0, 0.1) is 0 Å². The van der Waals surface area contributed by atoms with E-state index in [1.807, 2.05) is 18.2 Å². The van der Waals surface area contributed by atoms with Gasteiger partial charge < -0.3 is 0 Å². The van der Waals surface area contributed by atoms with Crippen molar-refractivity contribution < 1.29 is 9.59 Å². The minimum atomic E-state index is -0.445. The van der Waals surface area contributed by atoms with Crippen LogP contribution in [0.5, 0.6) is 0 Å². The molecule has 25 heavy (non-hydrogen) atoms. The molecule has 0 unspecified atom stereocenters. The summed E-state index contributed by atoms with van der Waals surface area (Å²) in [7, 11) is 0. The summed E-state index contributed by atoms with van der Waals surface area (Å²) in [6.07, 6.45) is 0. The molecule has 0 fully saturated rings. The van der Waals surface area contributed by atoms with Crippen molar-refractivity contribution in [3.63, 3.8) is 0 Å². The second kappa shape index (κ2) is 5.74. The second-order valence-corrected chi connectivity index (χ2v) is 5.65. The summed E-state index contributed by atoms with van der Waals surface area (Å²) >= 11 is 0. The van der Waals surface area contributed by atoms with Gasteiger partial charge in [-0.1, -0.05) is 71.8 Å². The van der Waals surface area contributed by atoms with Gasteiger partial charge in [-0.15, -0.1) is 0 Å². The van der Waals surface area contributed by atoms with Crippen LogP contribution in [0.1, 0.15) is 26.3 Å². The molecule has 118 valence electrons. The van der Waals surface area contributed by atoms with Gasteiger partial charge in [0, 0.05) is 21.4 Å². The molecule has 0 atom stereocenters. The van der Waals surface area contributed by atoms with E-state index in [0.717, 1.165) is 5.39 Å². The van der Waals surface area contributed by atoms with E-state index < -0.39 is 11.6 Å². The number of rotatable bonds is 3. The lowest BCUT2D eigenvalue weighted by Crippen LogP contribution is -2.19. The van der Waals surface area contributed by atoms with Gasteiger partial charge in [0.2, 0.25) is 0 Å². The Balaban J connectivity index is 2.07. The summed E-state index contributed by atoms with van der Waals surface area (Å²) in [6, 6.07) is 19.3. The van der Waals surface area contributed by atoms with Crippen molar-refractivity contribution in [2.75, 3.05) is 0 Å². The average molecular weight is 325 g/mol. The van der Waals surface area contributed by atoms with Gasteiger partial charge in [0.1, 0.15) is 0 Å². The lowest BCUT2D eigenvalue weighted by molar-refractivity contribution is 0.0964. The molecule has 5 nitrogen and oxygen atoms in total. The number of benzene rings is 3. The standard InChI is InChI=1S/C20H11N3O2/c21-23-22-18-14-10-4-8-12-9-5-11-15(16(12)14)20(25)17(18)19(24)13-6-2-1-3-7-13/h1-11H. The zero-order valence-electron chi connectivity index (χ0n) is 13.0. The number of carbonyl (C=O) groups excluding carboxylic acids is 2. The van der Waals surface area contributed by atoms with Gasteiger partial charge >= 0.3 is 0 Å². The molecule has 0 heterocycles. The average Bonchev–Trinajstić information content (AvgIpc) is 2.66. The molecule has 0 spiro atoms. The molecule has 5 heteroatoms. The molecule has 3 aromatic carbocycles.